The molecule has 0 unspecified atom stereocenters. The van der Waals surface area contributed by atoms with Gasteiger partial charge in [-0.1, -0.05) is 30.3 Å². The summed E-state index contributed by atoms with van der Waals surface area (Å²) in [6, 6.07) is 11.9. The number of aromatic amines is 1. The minimum absolute atomic E-state index is 0.638. The van der Waals surface area contributed by atoms with Crippen LogP contribution < -0.4 is 5.73 Å². The SMILES string of the molecule is C=N/C=C(/c1ccccc1)c1cc[nH]c1N. The molecular formula is C13H13N3. The van der Waals surface area contributed by atoms with Crippen molar-refractivity contribution in [1.29, 1.82) is 0 Å². The van der Waals surface area contributed by atoms with Crippen LogP contribution in [0.1, 0.15) is 11.1 Å². The zero-order chi connectivity index (χ0) is 11.4. The molecule has 1 aromatic carbocycles. The highest BCUT2D eigenvalue weighted by atomic mass is 14.8. The van der Waals surface area contributed by atoms with Crippen LogP contribution in [0.5, 0.6) is 0 Å². The molecule has 0 bridgehead atoms. The highest BCUT2D eigenvalue weighted by Gasteiger charge is 2.08. The van der Waals surface area contributed by atoms with E-state index in [4.69, 9.17) is 5.73 Å². The lowest BCUT2D eigenvalue weighted by atomic mass is 10.0. The fourth-order valence-corrected chi connectivity index (χ4v) is 1.63. The average Bonchev–Trinajstić information content (AvgIpc) is 2.73. The highest BCUT2D eigenvalue weighted by Crippen LogP contribution is 2.26. The average molecular weight is 211 g/mol. The fraction of sp³-hybridized carbons (Fsp3) is 0. The van der Waals surface area contributed by atoms with Gasteiger partial charge >= 0.3 is 0 Å². The summed E-state index contributed by atoms with van der Waals surface area (Å²) >= 11 is 0. The molecule has 0 aliphatic rings. The summed E-state index contributed by atoms with van der Waals surface area (Å²) in [6.45, 7) is 3.49. The van der Waals surface area contributed by atoms with Crippen LogP contribution in [0.2, 0.25) is 0 Å². The molecule has 3 N–H and O–H groups in total. The molecule has 3 heteroatoms. The van der Waals surface area contributed by atoms with E-state index < -0.39 is 0 Å². The number of anilines is 1. The Morgan fingerprint density at radius 1 is 1.25 bits per heavy atom. The number of hydrogen-bond donors (Lipinski definition) is 2. The maximum Gasteiger partial charge on any atom is 0.108 e. The molecule has 0 fully saturated rings. The predicted molar refractivity (Wildman–Crippen MR) is 68.3 cm³/mol. The second-order valence-corrected chi connectivity index (χ2v) is 3.40. The van der Waals surface area contributed by atoms with E-state index in [0.717, 1.165) is 16.7 Å². The van der Waals surface area contributed by atoms with Gasteiger partial charge < -0.3 is 10.7 Å². The van der Waals surface area contributed by atoms with Gasteiger partial charge in [0.2, 0.25) is 0 Å². The van der Waals surface area contributed by atoms with E-state index >= 15 is 0 Å². The molecule has 0 aliphatic heterocycles. The van der Waals surface area contributed by atoms with Gasteiger partial charge in [0.15, 0.2) is 0 Å². The summed E-state index contributed by atoms with van der Waals surface area (Å²) in [4.78, 5) is 6.78. The number of rotatable bonds is 3. The first-order valence-electron chi connectivity index (χ1n) is 4.97. The number of nitrogen functional groups attached to an aromatic ring is 1. The third-order valence-electron chi connectivity index (χ3n) is 2.37. The van der Waals surface area contributed by atoms with E-state index in [1.54, 1.807) is 6.20 Å². The van der Waals surface area contributed by atoms with E-state index in [1.807, 2.05) is 42.6 Å². The molecule has 0 atom stereocenters. The summed E-state index contributed by atoms with van der Waals surface area (Å²) in [5.74, 6) is 0.638. The van der Waals surface area contributed by atoms with Crippen molar-refractivity contribution in [1.82, 2.24) is 4.98 Å². The molecule has 0 aliphatic carbocycles. The topological polar surface area (TPSA) is 54.2 Å². The number of aromatic nitrogens is 1. The Balaban J connectivity index is 2.52. The van der Waals surface area contributed by atoms with Crippen molar-refractivity contribution in [2.45, 2.75) is 0 Å². The van der Waals surface area contributed by atoms with Crippen molar-refractivity contribution in [3.05, 3.63) is 59.9 Å². The van der Waals surface area contributed by atoms with E-state index in [1.165, 1.54) is 0 Å². The minimum Gasteiger partial charge on any atom is -0.385 e. The standard InChI is InChI=1S/C13H13N3/c1-15-9-12(10-5-3-2-4-6-10)11-7-8-16-13(11)14/h2-9,16H,1,14H2/b12-9-. The second kappa shape index (κ2) is 4.49. The molecule has 0 saturated heterocycles. The lowest BCUT2D eigenvalue weighted by Crippen LogP contribution is -1.92. The molecule has 3 nitrogen and oxygen atoms in total. The lowest BCUT2D eigenvalue weighted by Gasteiger charge is -2.05. The Morgan fingerprint density at radius 2 is 2.00 bits per heavy atom. The summed E-state index contributed by atoms with van der Waals surface area (Å²) in [5.41, 5.74) is 8.83. The number of nitrogens with two attached hydrogens (primary N) is 1. The van der Waals surface area contributed by atoms with Crippen LogP contribution in [0.15, 0.2) is 53.8 Å². The zero-order valence-corrected chi connectivity index (χ0v) is 8.85. The van der Waals surface area contributed by atoms with Gasteiger partial charge in [-0.05, 0) is 18.3 Å². The van der Waals surface area contributed by atoms with Gasteiger partial charge in [-0.2, -0.15) is 0 Å². The smallest absolute Gasteiger partial charge is 0.108 e. The van der Waals surface area contributed by atoms with Crippen LogP contribution in [0, 0.1) is 0 Å². The number of H-pyrrole nitrogens is 1. The van der Waals surface area contributed by atoms with Crippen LogP contribution in [0.4, 0.5) is 5.82 Å². The Bertz CT molecular complexity index is 509. The molecule has 80 valence electrons. The van der Waals surface area contributed by atoms with Crippen molar-refractivity contribution >= 4 is 18.1 Å². The summed E-state index contributed by atoms with van der Waals surface area (Å²) in [7, 11) is 0. The third kappa shape index (κ3) is 1.88. The van der Waals surface area contributed by atoms with Gasteiger partial charge in [-0.15, -0.1) is 0 Å². The van der Waals surface area contributed by atoms with Crippen molar-refractivity contribution in [3.8, 4) is 0 Å². The molecule has 0 amide bonds. The Kier molecular flexibility index (Phi) is 2.87. The third-order valence-corrected chi connectivity index (χ3v) is 2.37. The minimum atomic E-state index is 0.638. The number of nitrogens with zero attached hydrogens (tertiary/aromatic N) is 1. The first kappa shape index (κ1) is 10.2. The molecule has 0 radical (unpaired) electrons. The maximum absolute atomic E-state index is 5.85. The van der Waals surface area contributed by atoms with Crippen molar-refractivity contribution in [3.63, 3.8) is 0 Å². The Labute approximate surface area is 94.3 Å². The predicted octanol–water partition coefficient (Wildman–Crippen LogP) is 2.69. The van der Waals surface area contributed by atoms with E-state index in [-0.39, 0.29) is 0 Å². The zero-order valence-electron chi connectivity index (χ0n) is 8.85. The second-order valence-electron chi connectivity index (χ2n) is 3.40. The normalized spacial score (nSPS) is 11.4. The number of benzene rings is 1. The van der Waals surface area contributed by atoms with E-state index in [2.05, 4.69) is 16.7 Å². The number of nitrogens with one attached hydrogen (secondary N) is 1. The summed E-state index contributed by atoms with van der Waals surface area (Å²) < 4.78 is 0. The Hall–Kier alpha value is -2.29. The quantitative estimate of drug-likeness (QED) is 0.753. The molecule has 0 saturated carbocycles. The number of aliphatic imine (C=N–C) groups is 1. The molecule has 1 heterocycles. The van der Waals surface area contributed by atoms with Crippen LogP contribution in [0.25, 0.3) is 5.57 Å². The molecule has 16 heavy (non-hydrogen) atoms. The van der Waals surface area contributed by atoms with Gasteiger partial charge in [0.1, 0.15) is 5.82 Å². The molecule has 1 aromatic heterocycles. The van der Waals surface area contributed by atoms with E-state index in [0.29, 0.717) is 5.82 Å². The van der Waals surface area contributed by atoms with Crippen LogP contribution >= 0.6 is 0 Å². The molecule has 2 aromatic rings. The monoisotopic (exact) mass is 211 g/mol. The van der Waals surface area contributed by atoms with Gasteiger partial charge in [0, 0.05) is 23.5 Å². The summed E-state index contributed by atoms with van der Waals surface area (Å²) in [6.07, 6.45) is 3.53. The fourth-order valence-electron chi connectivity index (χ4n) is 1.63. The molecule has 2 rings (SSSR count). The van der Waals surface area contributed by atoms with Crippen LogP contribution in [-0.2, 0) is 0 Å². The van der Waals surface area contributed by atoms with Crippen molar-refractivity contribution < 1.29 is 0 Å². The lowest BCUT2D eigenvalue weighted by molar-refractivity contribution is 1.41. The number of hydrogen-bond acceptors (Lipinski definition) is 2. The van der Waals surface area contributed by atoms with Crippen molar-refractivity contribution in [2.75, 3.05) is 5.73 Å². The highest BCUT2D eigenvalue weighted by molar-refractivity contribution is 5.84. The van der Waals surface area contributed by atoms with Gasteiger partial charge in [0.05, 0.1) is 0 Å². The molecular weight excluding hydrogens is 198 g/mol. The van der Waals surface area contributed by atoms with Crippen molar-refractivity contribution in [2.24, 2.45) is 4.99 Å². The summed E-state index contributed by atoms with van der Waals surface area (Å²) in [5, 5.41) is 0. The largest absolute Gasteiger partial charge is 0.385 e. The van der Waals surface area contributed by atoms with Crippen LogP contribution in [0.3, 0.4) is 0 Å². The van der Waals surface area contributed by atoms with Gasteiger partial charge in [-0.25, -0.2) is 0 Å². The maximum atomic E-state index is 5.85. The Morgan fingerprint density at radius 3 is 2.56 bits per heavy atom. The van der Waals surface area contributed by atoms with E-state index in [9.17, 15) is 0 Å². The van der Waals surface area contributed by atoms with Gasteiger partial charge in [0.25, 0.3) is 0 Å². The first-order chi connectivity index (χ1) is 7.83. The van der Waals surface area contributed by atoms with Gasteiger partial charge in [-0.3, -0.25) is 4.99 Å². The molecule has 0 spiro atoms. The van der Waals surface area contributed by atoms with Crippen LogP contribution in [-0.4, -0.2) is 11.7 Å². The first-order valence-corrected chi connectivity index (χ1v) is 4.97.